The zero-order valence-electron chi connectivity index (χ0n) is 11.6. The predicted octanol–water partition coefficient (Wildman–Crippen LogP) is 0.925. The summed E-state index contributed by atoms with van der Waals surface area (Å²) in [5.41, 5.74) is 7.36. The first kappa shape index (κ1) is 14.1. The minimum absolute atomic E-state index is 0.281. The molecule has 1 unspecified atom stereocenters. The normalized spacial score (nSPS) is 18.9. The molecule has 0 spiro atoms. The summed E-state index contributed by atoms with van der Waals surface area (Å²) in [6.07, 6.45) is 1.45. The standard InChI is InChI=1S/C14H17N3O3/c1-9-8-12(18)17(2)14(19)13(9)16-15-10-4-6-11(20-3)7-5-10/h4-8,13,15-16H,1-3H3. The Kier molecular flexibility index (Phi) is 4.05. The number of anilines is 1. The number of hydrogen-bond acceptors (Lipinski definition) is 5. The van der Waals surface area contributed by atoms with Gasteiger partial charge in [-0.3, -0.25) is 14.5 Å². The Bertz CT molecular complexity index is 551. The number of benzene rings is 1. The van der Waals surface area contributed by atoms with Crippen LogP contribution in [0.4, 0.5) is 5.69 Å². The fourth-order valence-electron chi connectivity index (χ4n) is 1.88. The van der Waals surface area contributed by atoms with Crippen LogP contribution in [0.2, 0.25) is 0 Å². The number of amides is 2. The molecule has 0 bridgehead atoms. The highest BCUT2D eigenvalue weighted by Crippen LogP contribution is 2.16. The Morgan fingerprint density at radius 2 is 1.85 bits per heavy atom. The Morgan fingerprint density at radius 1 is 1.20 bits per heavy atom. The molecule has 2 N–H and O–H groups in total. The molecule has 0 aliphatic carbocycles. The average molecular weight is 275 g/mol. The second kappa shape index (κ2) is 5.75. The first-order valence-corrected chi connectivity index (χ1v) is 6.18. The molecular formula is C14H17N3O3. The number of rotatable bonds is 4. The van der Waals surface area contributed by atoms with E-state index in [4.69, 9.17) is 4.74 Å². The Morgan fingerprint density at radius 3 is 2.45 bits per heavy atom. The molecule has 6 heteroatoms. The van der Waals surface area contributed by atoms with E-state index >= 15 is 0 Å². The summed E-state index contributed by atoms with van der Waals surface area (Å²) in [5.74, 6) is 0.178. The number of carbonyl (C=O) groups is 2. The fraction of sp³-hybridized carbons (Fsp3) is 0.286. The number of hydrazine groups is 1. The summed E-state index contributed by atoms with van der Waals surface area (Å²) < 4.78 is 5.07. The number of imide groups is 1. The monoisotopic (exact) mass is 275 g/mol. The van der Waals surface area contributed by atoms with Crippen molar-refractivity contribution in [1.82, 2.24) is 10.3 Å². The highest BCUT2D eigenvalue weighted by molar-refractivity contribution is 6.07. The minimum Gasteiger partial charge on any atom is -0.497 e. The van der Waals surface area contributed by atoms with Gasteiger partial charge in [0, 0.05) is 18.8 Å². The third-order valence-corrected chi connectivity index (χ3v) is 3.17. The molecule has 1 aromatic rings. The summed E-state index contributed by atoms with van der Waals surface area (Å²) in [7, 11) is 3.07. The van der Waals surface area contributed by atoms with Crippen molar-refractivity contribution in [3.05, 3.63) is 35.9 Å². The van der Waals surface area contributed by atoms with Gasteiger partial charge in [-0.15, -0.1) is 0 Å². The molecule has 0 saturated carbocycles. The summed E-state index contributed by atoms with van der Waals surface area (Å²) >= 11 is 0. The van der Waals surface area contributed by atoms with Crippen LogP contribution < -0.4 is 15.6 Å². The molecule has 106 valence electrons. The van der Waals surface area contributed by atoms with Crippen LogP contribution in [-0.2, 0) is 9.59 Å². The van der Waals surface area contributed by atoms with E-state index in [0.717, 1.165) is 16.3 Å². The topological polar surface area (TPSA) is 70.7 Å². The molecule has 0 fully saturated rings. The summed E-state index contributed by atoms with van der Waals surface area (Å²) in [6, 6.07) is 6.72. The quantitative estimate of drug-likeness (QED) is 0.632. The molecular weight excluding hydrogens is 258 g/mol. The molecule has 0 radical (unpaired) electrons. The zero-order chi connectivity index (χ0) is 14.7. The van der Waals surface area contributed by atoms with Crippen molar-refractivity contribution in [2.45, 2.75) is 13.0 Å². The van der Waals surface area contributed by atoms with Crippen LogP contribution >= 0.6 is 0 Å². The summed E-state index contributed by atoms with van der Waals surface area (Å²) in [5, 5.41) is 0. The van der Waals surface area contributed by atoms with Crippen LogP contribution in [0.3, 0.4) is 0 Å². The van der Waals surface area contributed by atoms with E-state index in [1.165, 1.54) is 13.1 Å². The van der Waals surface area contributed by atoms with Crippen LogP contribution in [0.1, 0.15) is 6.92 Å². The van der Waals surface area contributed by atoms with Crippen molar-refractivity contribution in [2.75, 3.05) is 19.6 Å². The number of ether oxygens (including phenoxy) is 1. The lowest BCUT2D eigenvalue weighted by Gasteiger charge is -2.28. The second-order valence-corrected chi connectivity index (χ2v) is 4.55. The Balaban J connectivity index is 2.04. The average Bonchev–Trinajstić information content (AvgIpc) is 2.45. The maximum atomic E-state index is 12.0. The van der Waals surface area contributed by atoms with Crippen molar-refractivity contribution >= 4 is 17.5 Å². The van der Waals surface area contributed by atoms with Gasteiger partial charge in [-0.2, -0.15) is 0 Å². The Hall–Kier alpha value is -2.34. The molecule has 2 amide bonds. The number of nitrogens with one attached hydrogen (secondary N) is 2. The van der Waals surface area contributed by atoms with Gasteiger partial charge in [0.25, 0.3) is 11.8 Å². The maximum absolute atomic E-state index is 12.0. The molecule has 1 atom stereocenters. The molecule has 1 heterocycles. The van der Waals surface area contributed by atoms with Crippen molar-refractivity contribution in [1.29, 1.82) is 0 Å². The van der Waals surface area contributed by atoms with Crippen LogP contribution in [0.15, 0.2) is 35.9 Å². The van der Waals surface area contributed by atoms with Gasteiger partial charge < -0.3 is 10.2 Å². The van der Waals surface area contributed by atoms with Gasteiger partial charge in [0.2, 0.25) is 0 Å². The van der Waals surface area contributed by atoms with Crippen molar-refractivity contribution in [3.8, 4) is 5.75 Å². The van der Waals surface area contributed by atoms with Gasteiger partial charge >= 0.3 is 0 Å². The van der Waals surface area contributed by atoms with Crippen LogP contribution in [0.25, 0.3) is 0 Å². The lowest BCUT2D eigenvalue weighted by Crippen LogP contribution is -2.52. The number of carbonyl (C=O) groups excluding carboxylic acids is 2. The Labute approximate surface area is 117 Å². The van der Waals surface area contributed by atoms with E-state index in [-0.39, 0.29) is 11.8 Å². The first-order chi connectivity index (χ1) is 9.52. The third kappa shape index (κ3) is 2.80. The number of nitrogens with zero attached hydrogens (tertiary/aromatic N) is 1. The first-order valence-electron chi connectivity index (χ1n) is 6.18. The highest BCUT2D eigenvalue weighted by atomic mass is 16.5. The van der Waals surface area contributed by atoms with Crippen LogP contribution in [0, 0.1) is 0 Å². The van der Waals surface area contributed by atoms with E-state index in [2.05, 4.69) is 10.9 Å². The molecule has 0 saturated heterocycles. The molecule has 1 aliphatic rings. The third-order valence-electron chi connectivity index (χ3n) is 3.17. The highest BCUT2D eigenvalue weighted by Gasteiger charge is 2.31. The van der Waals surface area contributed by atoms with E-state index < -0.39 is 6.04 Å². The predicted molar refractivity (Wildman–Crippen MR) is 75.1 cm³/mol. The molecule has 20 heavy (non-hydrogen) atoms. The largest absolute Gasteiger partial charge is 0.497 e. The van der Waals surface area contributed by atoms with Crippen LogP contribution in [0.5, 0.6) is 5.75 Å². The number of hydrogen-bond donors (Lipinski definition) is 2. The fourth-order valence-corrected chi connectivity index (χ4v) is 1.88. The zero-order valence-corrected chi connectivity index (χ0v) is 11.6. The smallest absolute Gasteiger partial charge is 0.252 e. The van der Waals surface area contributed by atoms with E-state index in [1.54, 1.807) is 14.0 Å². The summed E-state index contributed by atoms with van der Waals surface area (Å²) in [4.78, 5) is 24.6. The minimum atomic E-state index is -0.556. The van der Waals surface area contributed by atoms with Gasteiger partial charge in [0.15, 0.2) is 0 Å². The van der Waals surface area contributed by atoms with Gasteiger partial charge in [-0.1, -0.05) is 0 Å². The van der Waals surface area contributed by atoms with E-state index in [9.17, 15) is 9.59 Å². The van der Waals surface area contributed by atoms with Crippen molar-refractivity contribution in [2.24, 2.45) is 0 Å². The van der Waals surface area contributed by atoms with Gasteiger partial charge in [-0.25, -0.2) is 5.43 Å². The van der Waals surface area contributed by atoms with E-state index in [0.29, 0.717) is 5.57 Å². The number of methoxy groups -OCH3 is 1. The lowest BCUT2D eigenvalue weighted by atomic mass is 10.0. The molecule has 6 nitrogen and oxygen atoms in total. The maximum Gasteiger partial charge on any atom is 0.252 e. The number of likely N-dealkylation sites (N-methyl/N-ethyl adjacent to an activating group) is 1. The molecule has 1 aliphatic heterocycles. The van der Waals surface area contributed by atoms with Gasteiger partial charge in [-0.05, 0) is 36.8 Å². The van der Waals surface area contributed by atoms with Crippen LogP contribution in [-0.4, -0.2) is 36.9 Å². The SMILES string of the molecule is COc1ccc(NNC2C(=O)N(C)C(=O)C=C2C)cc1. The van der Waals surface area contributed by atoms with Crippen molar-refractivity contribution in [3.63, 3.8) is 0 Å². The lowest BCUT2D eigenvalue weighted by molar-refractivity contribution is -0.142. The second-order valence-electron chi connectivity index (χ2n) is 4.55. The van der Waals surface area contributed by atoms with Gasteiger partial charge in [0.1, 0.15) is 11.8 Å². The van der Waals surface area contributed by atoms with E-state index in [1.807, 2.05) is 24.3 Å². The molecule has 2 rings (SSSR count). The molecule has 0 aromatic heterocycles. The molecule has 1 aromatic carbocycles. The summed E-state index contributed by atoms with van der Waals surface area (Å²) in [6.45, 7) is 1.75. The van der Waals surface area contributed by atoms with Gasteiger partial charge in [0.05, 0.1) is 7.11 Å². The van der Waals surface area contributed by atoms with Crippen molar-refractivity contribution < 1.29 is 14.3 Å².